The van der Waals surface area contributed by atoms with Crippen molar-refractivity contribution in [3.63, 3.8) is 0 Å². The Labute approximate surface area is 161 Å². The van der Waals surface area contributed by atoms with Gasteiger partial charge in [0, 0.05) is 19.3 Å². The SMILES string of the molecule is CCCN1C(=O)C(=Cc2c(NCC)nc3ccc(C)cn3c2=O)SC1=S. The number of nitrogens with zero attached hydrogens (tertiary/aromatic N) is 3. The van der Waals surface area contributed by atoms with Crippen molar-refractivity contribution in [1.29, 1.82) is 0 Å². The molecule has 1 N–H and O–H groups in total. The van der Waals surface area contributed by atoms with Gasteiger partial charge >= 0.3 is 0 Å². The smallest absolute Gasteiger partial charge is 0.267 e. The average molecular weight is 389 g/mol. The molecule has 2 aromatic rings. The highest BCUT2D eigenvalue weighted by Gasteiger charge is 2.31. The first-order valence-corrected chi connectivity index (χ1v) is 9.71. The van der Waals surface area contributed by atoms with Crippen LogP contribution < -0.4 is 10.9 Å². The van der Waals surface area contributed by atoms with E-state index in [0.717, 1.165) is 12.0 Å². The van der Waals surface area contributed by atoms with Gasteiger partial charge in [0.1, 0.15) is 15.8 Å². The molecule has 0 radical (unpaired) electrons. The highest BCUT2D eigenvalue weighted by Crippen LogP contribution is 2.33. The first kappa shape index (κ1) is 18.6. The molecular formula is C18H20N4O2S2. The Bertz CT molecular complexity index is 981. The first-order chi connectivity index (χ1) is 12.5. The largest absolute Gasteiger partial charge is 0.370 e. The minimum atomic E-state index is -0.213. The number of hydrogen-bond acceptors (Lipinski definition) is 6. The number of aryl methyl sites for hydroxylation is 1. The second-order valence-electron chi connectivity index (χ2n) is 5.98. The summed E-state index contributed by atoms with van der Waals surface area (Å²) in [6.07, 6.45) is 4.18. The predicted octanol–water partition coefficient (Wildman–Crippen LogP) is 3.05. The molecule has 136 valence electrons. The van der Waals surface area contributed by atoms with Crippen molar-refractivity contribution in [2.24, 2.45) is 0 Å². The molecule has 0 aliphatic carbocycles. The molecule has 1 fully saturated rings. The van der Waals surface area contributed by atoms with Gasteiger partial charge in [-0.15, -0.1) is 0 Å². The van der Waals surface area contributed by atoms with E-state index in [1.54, 1.807) is 17.2 Å². The molecule has 26 heavy (non-hydrogen) atoms. The molecule has 0 spiro atoms. The zero-order valence-electron chi connectivity index (χ0n) is 14.9. The molecule has 2 aromatic heterocycles. The highest BCUT2D eigenvalue weighted by molar-refractivity contribution is 8.26. The minimum Gasteiger partial charge on any atom is -0.370 e. The molecule has 0 saturated carbocycles. The van der Waals surface area contributed by atoms with Crippen molar-refractivity contribution in [1.82, 2.24) is 14.3 Å². The third kappa shape index (κ3) is 3.39. The van der Waals surface area contributed by atoms with Crippen molar-refractivity contribution in [3.05, 3.63) is 44.7 Å². The Morgan fingerprint density at radius 1 is 1.31 bits per heavy atom. The number of rotatable bonds is 5. The minimum absolute atomic E-state index is 0.155. The van der Waals surface area contributed by atoms with Gasteiger partial charge in [-0.2, -0.15) is 0 Å². The fraction of sp³-hybridized carbons (Fsp3) is 0.333. The van der Waals surface area contributed by atoms with Crippen LogP contribution in [0.3, 0.4) is 0 Å². The number of carbonyl (C=O) groups is 1. The van der Waals surface area contributed by atoms with Gasteiger partial charge in [0.15, 0.2) is 0 Å². The second kappa shape index (κ2) is 7.59. The molecule has 0 atom stereocenters. The summed E-state index contributed by atoms with van der Waals surface area (Å²) >= 11 is 6.53. The van der Waals surface area contributed by atoms with Gasteiger partial charge in [-0.25, -0.2) is 4.98 Å². The van der Waals surface area contributed by atoms with E-state index in [4.69, 9.17) is 12.2 Å². The van der Waals surface area contributed by atoms with Gasteiger partial charge in [-0.1, -0.05) is 37.0 Å². The van der Waals surface area contributed by atoms with Gasteiger partial charge in [0.2, 0.25) is 0 Å². The lowest BCUT2D eigenvalue weighted by atomic mass is 10.2. The summed E-state index contributed by atoms with van der Waals surface area (Å²) in [5.41, 5.74) is 1.67. The number of thioether (sulfide) groups is 1. The van der Waals surface area contributed by atoms with E-state index in [1.807, 2.05) is 32.9 Å². The number of anilines is 1. The van der Waals surface area contributed by atoms with Crippen LogP contribution in [-0.4, -0.2) is 37.6 Å². The summed E-state index contributed by atoms with van der Waals surface area (Å²) in [4.78, 5) is 32.2. The van der Waals surface area contributed by atoms with Gasteiger partial charge in [0.05, 0.1) is 10.5 Å². The number of amides is 1. The van der Waals surface area contributed by atoms with Crippen LogP contribution in [-0.2, 0) is 4.79 Å². The monoisotopic (exact) mass is 388 g/mol. The number of nitrogens with one attached hydrogen (secondary N) is 1. The summed E-state index contributed by atoms with van der Waals surface area (Å²) in [6, 6.07) is 3.72. The van der Waals surface area contributed by atoms with Crippen molar-refractivity contribution >= 4 is 51.7 Å². The Morgan fingerprint density at radius 3 is 2.77 bits per heavy atom. The standard InChI is InChI=1S/C18H20N4O2S2/c1-4-8-21-17(24)13(26-18(21)25)9-12-15(19-5-2)20-14-7-6-11(3)10-22(14)16(12)23/h6-7,9-10,19H,4-5,8H2,1-3H3. The number of fused-ring (bicyclic) bond motifs is 1. The summed E-state index contributed by atoms with van der Waals surface area (Å²) in [5.74, 6) is 0.320. The summed E-state index contributed by atoms with van der Waals surface area (Å²) in [7, 11) is 0. The number of carbonyl (C=O) groups excluding carboxylic acids is 1. The molecule has 6 nitrogen and oxygen atoms in total. The van der Waals surface area contributed by atoms with Crippen molar-refractivity contribution in [2.45, 2.75) is 27.2 Å². The Morgan fingerprint density at radius 2 is 2.08 bits per heavy atom. The molecular weight excluding hydrogens is 368 g/mol. The van der Waals surface area contributed by atoms with Gasteiger partial charge in [-0.3, -0.25) is 18.9 Å². The van der Waals surface area contributed by atoms with Crippen LogP contribution in [0, 0.1) is 6.92 Å². The molecule has 1 aliphatic rings. The lowest BCUT2D eigenvalue weighted by molar-refractivity contribution is -0.122. The van der Waals surface area contributed by atoms with E-state index in [2.05, 4.69) is 10.3 Å². The molecule has 0 unspecified atom stereocenters. The quantitative estimate of drug-likeness (QED) is 0.627. The number of thiocarbonyl (C=S) groups is 1. The van der Waals surface area contributed by atoms with Crippen LogP contribution in [0.2, 0.25) is 0 Å². The lowest BCUT2D eigenvalue weighted by Gasteiger charge is -2.12. The van der Waals surface area contributed by atoms with Crippen LogP contribution in [0.1, 0.15) is 31.4 Å². The zero-order valence-corrected chi connectivity index (χ0v) is 16.5. The summed E-state index contributed by atoms with van der Waals surface area (Å²) < 4.78 is 2.03. The fourth-order valence-corrected chi connectivity index (χ4v) is 4.03. The van der Waals surface area contributed by atoms with Crippen molar-refractivity contribution in [2.75, 3.05) is 18.4 Å². The van der Waals surface area contributed by atoms with E-state index >= 15 is 0 Å². The molecule has 3 rings (SSSR count). The number of hydrogen-bond donors (Lipinski definition) is 1. The third-order valence-corrected chi connectivity index (χ3v) is 5.32. The van der Waals surface area contributed by atoms with Crippen LogP contribution in [0.5, 0.6) is 0 Å². The normalized spacial score (nSPS) is 16.1. The molecule has 3 heterocycles. The molecule has 8 heteroatoms. The second-order valence-corrected chi connectivity index (χ2v) is 7.65. The van der Waals surface area contributed by atoms with E-state index in [9.17, 15) is 9.59 Å². The maximum absolute atomic E-state index is 13.0. The molecule has 0 aromatic carbocycles. The Kier molecular flexibility index (Phi) is 5.43. The lowest BCUT2D eigenvalue weighted by Crippen LogP contribution is -2.28. The molecule has 1 saturated heterocycles. The Balaban J connectivity index is 2.16. The third-order valence-electron chi connectivity index (χ3n) is 3.95. The number of pyridine rings is 1. The van der Waals surface area contributed by atoms with Gasteiger partial charge < -0.3 is 5.32 Å². The van der Waals surface area contributed by atoms with Crippen LogP contribution in [0.25, 0.3) is 11.7 Å². The van der Waals surface area contributed by atoms with E-state index in [-0.39, 0.29) is 11.5 Å². The predicted molar refractivity (Wildman–Crippen MR) is 111 cm³/mol. The van der Waals surface area contributed by atoms with Gasteiger partial charge in [-0.05, 0) is 38.0 Å². The average Bonchev–Trinajstić information content (AvgIpc) is 2.87. The topological polar surface area (TPSA) is 66.7 Å². The summed E-state index contributed by atoms with van der Waals surface area (Å²) in [5, 5.41) is 3.12. The first-order valence-electron chi connectivity index (χ1n) is 8.48. The maximum atomic E-state index is 13.0. The van der Waals surface area contributed by atoms with Crippen LogP contribution >= 0.6 is 24.0 Å². The van der Waals surface area contributed by atoms with Crippen molar-refractivity contribution < 1.29 is 4.79 Å². The van der Waals surface area contributed by atoms with Crippen LogP contribution in [0.15, 0.2) is 28.0 Å². The fourth-order valence-electron chi connectivity index (χ4n) is 2.74. The molecule has 1 amide bonds. The molecule has 1 aliphatic heterocycles. The maximum Gasteiger partial charge on any atom is 0.267 e. The van der Waals surface area contributed by atoms with Crippen molar-refractivity contribution in [3.8, 4) is 0 Å². The van der Waals surface area contributed by atoms with E-state index in [0.29, 0.717) is 39.3 Å². The van der Waals surface area contributed by atoms with Gasteiger partial charge in [0.25, 0.3) is 11.5 Å². The molecule has 0 bridgehead atoms. The van der Waals surface area contributed by atoms with E-state index < -0.39 is 0 Å². The van der Waals surface area contributed by atoms with E-state index in [1.165, 1.54) is 16.2 Å². The Hall–Kier alpha value is -2.19. The summed E-state index contributed by atoms with van der Waals surface area (Å²) in [6.45, 7) is 7.04. The highest BCUT2D eigenvalue weighted by atomic mass is 32.2. The zero-order chi connectivity index (χ0) is 18.8. The van der Waals surface area contributed by atoms with Crippen LogP contribution in [0.4, 0.5) is 5.82 Å². The number of aromatic nitrogens is 2.